The van der Waals surface area contributed by atoms with Crippen LogP contribution in [0.5, 0.6) is 5.75 Å². The third-order valence-electron chi connectivity index (χ3n) is 3.53. The summed E-state index contributed by atoms with van der Waals surface area (Å²) in [4.78, 5) is 16.8. The van der Waals surface area contributed by atoms with Gasteiger partial charge in [0.25, 0.3) is 5.91 Å². The lowest BCUT2D eigenvalue weighted by Crippen LogP contribution is -2.16. The van der Waals surface area contributed by atoms with Gasteiger partial charge in [0, 0.05) is 18.2 Å². The van der Waals surface area contributed by atoms with Crippen molar-refractivity contribution >= 4 is 27.5 Å². The van der Waals surface area contributed by atoms with E-state index in [-0.39, 0.29) is 5.52 Å². The summed E-state index contributed by atoms with van der Waals surface area (Å²) in [5.41, 5.74) is 0.613. The van der Waals surface area contributed by atoms with Crippen LogP contribution >= 0.6 is 11.3 Å². The second-order valence-corrected chi connectivity index (χ2v) is 6.02. The summed E-state index contributed by atoms with van der Waals surface area (Å²) in [6.07, 6.45) is 0. The van der Waals surface area contributed by atoms with Crippen molar-refractivity contribution in [1.82, 2.24) is 4.57 Å². The van der Waals surface area contributed by atoms with E-state index in [0.717, 1.165) is 17.4 Å². The van der Waals surface area contributed by atoms with Gasteiger partial charge in [-0.2, -0.15) is 4.99 Å². The van der Waals surface area contributed by atoms with Crippen molar-refractivity contribution in [1.29, 1.82) is 0 Å². The summed E-state index contributed by atoms with van der Waals surface area (Å²) >= 11 is 1.07. The van der Waals surface area contributed by atoms with Crippen molar-refractivity contribution in [3.63, 3.8) is 0 Å². The summed E-state index contributed by atoms with van der Waals surface area (Å²) in [5, 5.41) is 0. The van der Waals surface area contributed by atoms with Gasteiger partial charge < -0.3 is 9.30 Å². The second kappa shape index (κ2) is 6.52. The minimum absolute atomic E-state index is 0.251. The maximum atomic E-state index is 14.1. The van der Waals surface area contributed by atoms with Crippen LogP contribution in [0.25, 0.3) is 10.2 Å². The SMILES string of the molecule is CCn1c(=NC(=O)c2cccc(OC)c2)sc2cc(F)cc(F)c21. The molecule has 0 atom stereocenters. The molecule has 2 aromatic carbocycles. The molecule has 0 saturated heterocycles. The standard InChI is InChI=1S/C17H14F2N2O2S/c1-3-21-15-13(19)8-11(18)9-14(15)24-17(21)20-16(22)10-5-4-6-12(7-10)23-2/h4-9H,3H2,1-2H3. The number of methoxy groups -OCH3 is 1. The predicted molar refractivity (Wildman–Crippen MR) is 88.3 cm³/mol. The van der Waals surface area contributed by atoms with Crippen LogP contribution in [0.1, 0.15) is 17.3 Å². The lowest BCUT2D eigenvalue weighted by Gasteiger charge is -2.02. The number of halogens is 2. The van der Waals surface area contributed by atoms with Gasteiger partial charge in [0.15, 0.2) is 10.6 Å². The molecular weight excluding hydrogens is 334 g/mol. The fourth-order valence-corrected chi connectivity index (χ4v) is 3.55. The number of nitrogens with zero attached hydrogens (tertiary/aromatic N) is 2. The van der Waals surface area contributed by atoms with Gasteiger partial charge in [-0.25, -0.2) is 8.78 Å². The van der Waals surface area contributed by atoms with Crippen LogP contribution in [0.4, 0.5) is 8.78 Å². The minimum Gasteiger partial charge on any atom is -0.497 e. The van der Waals surface area contributed by atoms with Gasteiger partial charge >= 0.3 is 0 Å². The van der Waals surface area contributed by atoms with E-state index in [1.807, 2.05) is 6.92 Å². The molecule has 0 radical (unpaired) electrons. The first-order chi connectivity index (χ1) is 11.5. The Hall–Kier alpha value is -2.54. The van der Waals surface area contributed by atoms with Gasteiger partial charge in [-0.3, -0.25) is 4.79 Å². The van der Waals surface area contributed by atoms with Crippen LogP contribution in [0.15, 0.2) is 41.4 Å². The number of ether oxygens (including phenoxy) is 1. The molecule has 0 fully saturated rings. The molecule has 0 bridgehead atoms. The van der Waals surface area contributed by atoms with Crippen molar-refractivity contribution in [3.8, 4) is 5.75 Å². The van der Waals surface area contributed by atoms with Crippen LogP contribution in [0.2, 0.25) is 0 Å². The molecule has 0 unspecified atom stereocenters. The molecule has 4 nitrogen and oxygen atoms in total. The van der Waals surface area contributed by atoms with Gasteiger partial charge in [0.2, 0.25) is 0 Å². The van der Waals surface area contributed by atoms with Crippen LogP contribution in [-0.2, 0) is 6.54 Å². The quantitative estimate of drug-likeness (QED) is 0.723. The number of carbonyl (C=O) groups excluding carboxylic acids is 1. The summed E-state index contributed by atoms with van der Waals surface area (Å²) in [7, 11) is 1.51. The summed E-state index contributed by atoms with van der Waals surface area (Å²) in [6, 6.07) is 8.68. The molecule has 0 aliphatic rings. The number of amides is 1. The first-order valence-corrected chi connectivity index (χ1v) is 8.06. The molecule has 0 N–H and O–H groups in total. The Morgan fingerprint density at radius 2 is 2.08 bits per heavy atom. The third-order valence-corrected chi connectivity index (χ3v) is 4.55. The smallest absolute Gasteiger partial charge is 0.279 e. The number of thiazole rings is 1. The largest absolute Gasteiger partial charge is 0.497 e. The van der Waals surface area contributed by atoms with Gasteiger partial charge in [-0.15, -0.1) is 0 Å². The van der Waals surface area contributed by atoms with Crippen LogP contribution in [0, 0.1) is 11.6 Å². The maximum Gasteiger partial charge on any atom is 0.279 e. The molecule has 3 aromatic rings. The number of hydrogen-bond donors (Lipinski definition) is 0. The fourth-order valence-electron chi connectivity index (χ4n) is 2.42. The first-order valence-electron chi connectivity index (χ1n) is 7.25. The molecule has 1 amide bonds. The maximum absolute atomic E-state index is 14.1. The van der Waals surface area contributed by atoms with Crippen LogP contribution in [0.3, 0.4) is 0 Å². The Balaban J connectivity index is 2.15. The Bertz CT molecular complexity index is 992. The Morgan fingerprint density at radius 1 is 1.29 bits per heavy atom. The third kappa shape index (κ3) is 2.94. The highest BCUT2D eigenvalue weighted by atomic mass is 32.1. The molecule has 0 aliphatic heterocycles. The second-order valence-electron chi connectivity index (χ2n) is 5.01. The van der Waals surface area contributed by atoms with Crippen molar-refractivity contribution in [2.45, 2.75) is 13.5 Å². The summed E-state index contributed by atoms with van der Waals surface area (Å²) in [6.45, 7) is 2.22. The Labute approximate surface area is 140 Å². The molecule has 124 valence electrons. The fraction of sp³-hybridized carbons (Fsp3) is 0.176. The molecule has 3 rings (SSSR count). The number of carbonyl (C=O) groups is 1. The van der Waals surface area contributed by atoms with E-state index < -0.39 is 17.5 Å². The van der Waals surface area contributed by atoms with Gasteiger partial charge in [0.05, 0.1) is 17.3 Å². The van der Waals surface area contributed by atoms with E-state index in [0.29, 0.717) is 27.4 Å². The number of rotatable bonds is 3. The van der Waals surface area contributed by atoms with E-state index in [2.05, 4.69) is 4.99 Å². The number of hydrogen-bond acceptors (Lipinski definition) is 3. The van der Waals surface area contributed by atoms with Crippen molar-refractivity contribution < 1.29 is 18.3 Å². The van der Waals surface area contributed by atoms with E-state index in [1.165, 1.54) is 13.2 Å². The lowest BCUT2D eigenvalue weighted by atomic mass is 10.2. The first kappa shape index (κ1) is 16.3. The van der Waals surface area contributed by atoms with Gasteiger partial charge in [0.1, 0.15) is 11.6 Å². The van der Waals surface area contributed by atoms with Crippen LogP contribution in [-0.4, -0.2) is 17.6 Å². The molecule has 0 aliphatic carbocycles. The molecule has 24 heavy (non-hydrogen) atoms. The molecule has 0 saturated carbocycles. The van der Waals surface area contributed by atoms with E-state index in [9.17, 15) is 13.6 Å². The Morgan fingerprint density at radius 3 is 2.79 bits per heavy atom. The number of aromatic nitrogens is 1. The zero-order valence-electron chi connectivity index (χ0n) is 13.0. The van der Waals surface area contributed by atoms with Crippen molar-refractivity contribution in [3.05, 3.63) is 58.4 Å². The van der Waals surface area contributed by atoms with Crippen molar-refractivity contribution in [2.24, 2.45) is 4.99 Å². The number of fused-ring (bicyclic) bond motifs is 1. The average Bonchev–Trinajstić information content (AvgIpc) is 2.91. The lowest BCUT2D eigenvalue weighted by molar-refractivity contribution is 0.0997. The molecule has 7 heteroatoms. The summed E-state index contributed by atoms with van der Waals surface area (Å²) < 4.78 is 34.5. The highest BCUT2D eigenvalue weighted by molar-refractivity contribution is 7.16. The van der Waals surface area contributed by atoms with Crippen LogP contribution < -0.4 is 9.54 Å². The normalized spacial score (nSPS) is 11.9. The number of benzene rings is 2. The highest BCUT2D eigenvalue weighted by Gasteiger charge is 2.13. The minimum atomic E-state index is -0.668. The molecule has 1 heterocycles. The topological polar surface area (TPSA) is 43.6 Å². The average molecular weight is 348 g/mol. The van der Waals surface area contributed by atoms with Crippen molar-refractivity contribution in [2.75, 3.05) is 7.11 Å². The summed E-state index contributed by atoms with van der Waals surface area (Å²) in [5.74, 6) is -1.25. The predicted octanol–water partition coefficient (Wildman–Crippen LogP) is 3.75. The zero-order chi connectivity index (χ0) is 17.3. The number of aryl methyl sites for hydroxylation is 1. The molecule has 0 spiro atoms. The van der Waals surface area contributed by atoms with E-state index in [1.54, 1.807) is 28.8 Å². The highest BCUT2D eigenvalue weighted by Crippen LogP contribution is 2.22. The van der Waals surface area contributed by atoms with Gasteiger partial charge in [-0.1, -0.05) is 17.4 Å². The zero-order valence-corrected chi connectivity index (χ0v) is 13.9. The van der Waals surface area contributed by atoms with Gasteiger partial charge in [-0.05, 0) is 31.2 Å². The van der Waals surface area contributed by atoms with E-state index in [4.69, 9.17) is 4.74 Å². The monoisotopic (exact) mass is 348 g/mol. The molecule has 1 aromatic heterocycles. The molecular formula is C17H14F2N2O2S. The Kier molecular flexibility index (Phi) is 4.44. The van der Waals surface area contributed by atoms with E-state index >= 15 is 0 Å².